The second-order valence-electron chi connectivity index (χ2n) is 6.83. The Kier molecular flexibility index (Phi) is 7.57. The highest BCUT2D eigenvalue weighted by Gasteiger charge is 2.27. The van der Waals surface area contributed by atoms with Crippen molar-refractivity contribution in [3.8, 4) is 5.75 Å². The summed E-state index contributed by atoms with van der Waals surface area (Å²) >= 11 is 4.10. The van der Waals surface area contributed by atoms with Crippen LogP contribution in [0.25, 0.3) is 0 Å². The highest BCUT2D eigenvalue weighted by Crippen LogP contribution is 2.25. The van der Waals surface area contributed by atoms with Crippen LogP contribution in [-0.2, 0) is 10.0 Å². The number of likely N-dealkylation sites (tertiary alicyclic amines) is 1. The molecule has 0 aliphatic carbocycles. The zero-order valence-electron chi connectivity index (χ0n) is 15.2. The van der Waals surface area contributed by atoms with E-state index < -0.39 is 10.0 Å². The van der Waals surface area contributed by atoms with Crippen molar-refractivity contribution in [3.05, 3.63) is 24.3 Å². The van der Waals surface area contributed by atoms with Crippen LogP contribution in [0, 0.1) is 5.92 Å². The second-order valence-corrected chi connectivity index (χ2v) is 10.9. The predicted octanol–water partition coefficient (Wildman–Crippen LogP) is 2.53. The molecule has 2 heterocycles. The number of ether oxygens (including phenoxy) is 1. The fraction of sp³-hybridized carbons (Fsp3) is 0.667. The summed E-state index contributed by atoms with van der Waals surface area (Å²) < 4.78 is 33.0. The normalized spacial score (nSPS) is 23.5. The third kappa shape index (κ3) is 5.55. The summed E-state index contributed by atoms with van der Waals surface area (Å²) in [7, 11) is -1.89. The van der Waals surface area contributed by atoms with Crippen LogP contribution in [0.4, 0.5) is 0 Å². The van der Waals surface area contributed by atoms with E-state index in [9.17, 15) is 8.42 Å². The van der Waals surface area contributed by atoms with Crippen molar-refractivity contribution in [2.45, 2.75) is 23.8 Å². The first-order chi connectivity index (χ1) is 12.6. The Hall–Kier alpha value is -0.410. The zero-order valence-corrected chi connectivity index (χ0v) is 17.7. The van der Waals surface area contributed by atoms with Gasteiger partial charge in [0.2, 0.25) is 10.0 Å². The van der Waals surface area contributed by atoms with Gasteiger partial charge in [0.15, 0.2) is 0 Å². The highest BCUT2D eigenvalue weighted by molar-refractivity contribution is 8.03. The summed E-state index contributed by atoms with van der Waals surface area (Å²) in [4.78, 5) is 2.88. The molecule has 1 N–H and O–H groups in total. The molecule has 0 spiro atoms. The Balaban J connectivity index is 1.54. The highest BCUT2D eigenvalue weighted by atomic mass is 32.2. The lowest BCUT2D eigenvalue weighted by atomic mass is 9.97. The number of nitrogens with zero attached hydrogens (tertiary/aromatic N) is 1. The molecule has 3 rings (SSSR count). The molecule has 0 amide bonds. The van der Waals surface area contributed by atoms with Gasteiger partial charge in [-0.2, -0.15) is 23.5 Å². The van der Waals surface area contributed by atoms with Crippen LogP contribution in [0.1, 0.15) is 12.8 Å². The minimum atomic E-state index is -3.47. The lowest BCUT2D eigenvalue weighted by molar-refractivity contribution is 0.146. The van der Waals surface area contributed by atoms with Gasteiger partial charge in [0.05, 0.1) is 12.0 Å². The molecule has 2 fully saturated rings. The van der Waals surface area contributed by atoms with Crippen LogP contribution in [-0.4, -0.2) is 69.1 Å². The van der Waals surface area contributed by atoms with Crippen LogP contribution in [0.2, 0.25) is 0 Å². The monoisotopic (exact) mass is 416 g/mol. The van der Waals surface area contributed by atoms with Gasteiger partial charge in [-0.15, -0.1) is 0 Å². The van der Waals surface area contributed by atoms with Gasteiger partial charge in [0.1, 0.15) is 5.75 Å². The number of hydrogen-bond donors (Lipinski definition) is 1. The fourth-order valence-corrected chi connectivity index (χ4v) is 7.22. The van der Waals surface area contributed by atoms with Crippen molar-refractivity contribution in [1.82, 2.24) is 9.62 Å². The van der Waals surface area contributed by atoms with E-state index >= 15 is 0 Å². The van der Waals surface area contributed by atoms with Crippen LogP contribution < -0.4 is 9.46 Å². The molecule has 146 valence electrons. The van der Waals surface area contributed by atoms with Crippen LogP contribution >= 0.6 is 23.5 Å². The first kappa shape index (κ1) is 20.3. The van der Waals surface area contributed by atoms with Crippen LogP contribution in [0.15, 0.2) is 29.2 Å². The summed E-state index contributed by atoms with van der Waals surface area (Å²) in [6, 6.07) is 7.17. The second kappa shape index (κ2) is 9.68. The van der Waals surface area contributed by atoms with E-state index in [1.807, 2.05) is 0 Å². The van der Waals surface area contributed by atoms with Crippen molar-refractivity contribution in [2.24, 2.45) is 5.92 Å². The van der Waals surface area contributed by atoms with E-state index in [2.05, 4.69) is 33.1 Å². The minimum Gasteiger partial charge on any atom is -0.497 e. The van der Waals surface area contributed by atoms with E-state index in [1.165, 1.54) is 23.0 Å². The Morgan fingerprint density at radius 2 is 1.88 bits per heavy atom. The summed E-state index contributed by atoms with van der Waals surface area (Å²) in [5.74, 6) is 5.95. The number of sulfonamides is 1. The third-order valence-electron chi connectivity index (χ3n) is 4.99. The summed E-state index contributed by atoms with van der Waals surface area (Å²) in [5.41, 5.74) is 0. The Morgan fingerprint density at radius 1 is 1.19 bits per heavy atom. The third-order valence-corrected chi connectivity index (χ3v) is 8.92. The maximum atomic E-state index is 12.5. The van der Waals surface area contributed by atoms with Gasteiger partial charge >= 0.3 is 0 Å². The summed E-state index contributed by atoms with van der Waals surface area (Å²) in [6.07, 6.45) is 2.25. The number of piperidine rings is 1. The summed E-state index contributed by atoms with van der Waals surface area (Å²) in [6.45, 7) is 2.66. The molecule has 26 heavy (non-hydrogen) atoms. The lowest BCUT2D eigenvalue weighted by Crippen LogP contribution is -2.47. The zero-order chi connectivity index (χ0) is 18.4. The molecular formula is C18H28N2O3S3. The van der Waals surface area contributed by atoms with Crippen molar-refractivity contribution < 1.29 is 13.2 Å². The fourth-order valence-electron chi connectivity index (χ4n) is 3.48. The Bertz CT molecular complexity index is 659. The summed E-state index contributed by atoms with van der Waals surface area (Å²) in [5, 5.41) is 0. The first-order valence-corrected chi connectivity index (χ1v) is 12.9. The lowest BCUT2D eigenvalue weighted by Gasteiger charge is -2.37. The van der Waals surface area contributed by atoms with Gasteiger partial charge in [-0.1, -0.05) is 0 Å². The van der Waals surface area contributed by atoms with E-state index in [1.54, 1.807) is 31.4 Å². The molecule has 0 bridgehead atoms. The molecule has 2 aliphatic heterocycles. The minimum absolute atomic E-state index is 0.294. The van der Waals surface area contributed by atoms with E-state index in [4.69, 9.17) is 4.74 Å². The Labute approximate surface area is 165 Å². The maximum absolute atomic E-state index is 12.5. The van der Waals surface area contributed by atoms with Crippen molar-refractivity contribution in [2.75, 3.05) is 49.8 Å². The number of rotatable bonds is 6. The quantitative estimate of drug-likeness (QED) is 0.769. The van der Waals surface area contributed by atoms with Crippen molar-refractivity contribution in [1.29, 1.82) is 0 Å². The maximum Gasteiger partial charge on any atom is 0.240 e. The van der Waals surface area contributed by atoms with Crippen LogP contribution in [0.3, 0.4) is 0 Å². The molecule has 0 saturated carbocycles. The van der Waals surface area contributed by atoms with Gasteiger partial charge < -0.3 is 4.74 Å². The van der Waals surface area contributed by atoms with E-state index in [0.29, 0.717) is 29.1 Å². The molecule has 0 aromatic heterocycles. The van der Waals surface area contributed by atoms with E-state index in [0.717, 1.165) is 25.9 Å². The molecule has 1 atom stereocenters. The predicted molar refractivity (Wildman–Crippen MR) is 111 cm³/mol. The topological polar surface area (TPSA) is 58.6 Å². The molecule has 1 aromatic carbocycles. The molecule has 1 aromatic rings. The average Bonchev–Trinajstić information content (AvgIpc) is 2.96. The van der Waals surface area contributed by atoms with Gasteiger partial charge in [0.25, 0.3) is 0 Å². The molecule has 0 radical (unpaired) electrons. The number of hydrogen-bond acceptors (Lipinski definition) is 6. The van der Waals surface area contributed by atoms with E-state index in [-0.39, 0.29) is 0 Å². The molecule has 8 heteroatoms. The van der Waals surface area contributed by atoms with Gasteiger partial charge in [-0.3, -0.25) is 4.90 Å². The molecule has 1 unspecified atom stereocenters. The number of methoxy groups -OCH3 is 1. The number of thioether (sulfide) groups is 2. The average molecular weight is 417 g/mol. The number of nitrogens with one attached hydrogen (secondary N) is 1. The largest absolute Gasteiger partial charge is 0.497 e. The van der Waals surface area contributed by atoms with Gasteiger partial charge in [-0.05, 0) is 49.6 Å². The first-order valence-electron chi connectivity index (χ1n) is 9.12. The molecule has 2 saturated heterocycles. The van der Waals surface area contributed by atoms with Gasteiger partial charge in [0, 0.05) is 42.1 Å². The molecule has 2 aliphatic rings. The number of benzene rings is 1. The van der Waals surface area contributed by atoms with Crippen molar-refractivity contribution in [3.63, 3.8) is 0 Å². The molecular weight excluding hydrogens is 388 g/mol. The SMILES string of the molecule is COc1ccc(S(=O)(=O)NCC2CCCN(C3CSCCSC3)C2)cc1. The Morgan fingerprint density at radius 3 is 2.54 bits per heavy atom. The molecule has 5 nitrogen and oxygen atoms in total. The van der Waals surface area contributed by atoms with Crippen molar-refractivity contribution >= 4 is 33.5 Å². The van der Waals surface area contributed by atoms with Crippen LogP contribution in [0.5, 0.6) is 5.75 Å². The standard InChI is InChI=1S/C18H28N2O3S3/c1-23-17-4-6-18(7-5-17)26(21,22)19-11-15-3-2-8-20(12-15)16-13-24-9-10-25-14-16/h4-7,15-16,19H,2-3,8-14H2,1H3. The smallest absolute Gasteiger partial charge is 0.240 e. The van der Waals surface area contributed by atoms with Gasteiger partial charge in [-0.25, -0.2) is 13.1 Å².